The first-order chi connectivity index (χ1) is 11.7. The zero-order valence-electron chi connectivity index (χ0n) is 12.5. The summed E-state index contributed by atoms with van der Waals surface area (Å²) in [5.74, 6) is -1.62. The van der Waals surface area contributed by atoms with E-state index in [1.165, 1.54) is 30.3 Å². The van der Waals surface area contributed by atoms with Crippen molar-refractivity contribution in [1.82, 2.24) is 0 Å². The Hall–Kier alpha value is -2.25. The SMILES string of the molecule is O=C(CC(=O)Nc1ccccc1C(F)(F)F)Nc1ccc(Cl)cc1Cl. The van der Waals surface area contributed by atoms with Crippen molar-refractivity contribution in [3.8, 4) is 0 Å². The minimum Gasteiger partial charge on any atom is -0.325 e. The minimum atomic E-state index is -4.62. The molecule has 0 unspecified atom stereocenters. The molecule has 0 radical (unpaired) electrons. The predicted molar refractivity (Wildman–Crippen MR) is 89.8 cm³/mol. The molecule has 0 heterocycles. The fourth-order valence-corrected chi connectivity index (χ4v) is 2.42. The number of anilines is 2. The summed E-state index contributed by atoms with van der Waals surface area (Å²) in [5, 5.41) is 5.01. The Morgan fingerprint density at radius 3 is 2.12 bits per heavy atom. The van der Waals surface area contributed by atoms with Gasteiger partial charge in [-0.05, 0) is 30.3 Å². The lowest BCUT2D eigenvalue weighted by atomic mass is 10.1. The van der Waals surface area contributed by atoms with Crippen molar-refractivity contribution in [2.45, 2.75) is 12.6 Å². The van der Waals surface area contributed by atoms with Crippen molar-refractivity contribution in [2.24, 2.45) is 0 Å². The van der Waals surface area contributed by atoms with Gasteiger partial charge in [0.25, 0.3) is 0 Å². The molecule has 4 nitrogen and oxygen atoms in total. The molecule has 0 aliphatic rings. The molecular weight excluding hydrogens is 380 g/mol. The van der Waals surface area contributed by atoms with E-state index in [2.05, 4.69) is 10.6 Å². The molecule has 0 aromatic heterocycles. The topological polar surface area (TPSA) is 58.2 Å². The van der Waals surface area contributed by atoms with Crippen molar-refractivity contribution < 1.29 is 22.8 Å². The third kappa shape index (κ3) is 5.37. The number of carbonyl (C=O) groups excluding carboxylic acids is 2. The number of halogens is 5. The van der Waals surface area contributed by atoms with Gasteiger partial charge in [-0.3, -0.25) is 9.59 Å². The minimum absolute atomic E-state index is 0.170. The highest BCUT2D eigenvalue weighted by Gasteiger charge is 2.33. The zero-order chi connectivity index (χ0) is 18.6. The maximum Gasteiger partial charge on any atom is 0.418 e. The van der Waals surface area contributed by atoms with Crippen molar-refractivity contribution >= 4 is 46.4 Å². The lowest BCUT2D eigenvalue weighted by molar-refractivity contribution is -0.137. The average molecular weight is 391 g/mol. The maximum atomic E-state index is 12.9. The number of alkyl halides is 3. The summed E-state index contributed by atoms with van der Waals surface area (Å²) in [6, 6.07) is 8.82. The highest BCUT2D eigenvalue weighted by Crippen LogP contribution is 2.34. The molecule has 2 N–H and O–H groups in total. The highest BCUT2D eigenvalue weighted by atomic mass is 35.5. The van der Waals surface area contributed by atoms with Gasteiger partial charge in [0.2, 0.25) is 11.8 Å². The van der Waals surface area contributed by atoms with Crippen molar-refractivity contribution in [3.05, 3.63) is 58.1 Å². The van der Waals surface area contributed by atoms with E-state index in [0.717, 1.165) is 12.1 Å². The van der Waals surface area contributed by atoms with Gasteiger partial charge in [-0.1, -0.05) is 35.3 Å². The molecule has 0 bridgehead atoms. The second-order valence-electron chi connectivity index (χ2n) is 4.94. The lowest BCUT2D eigenvalue weighted by Gasteiger charge is -2.13. The maximum absolute atomic E-state index is 12.9. The molecule has 0 aliphatic heterocycles. The Kier molecular flexibility index (Phi) is 5.92. The van der Waals surface area contributed by atoms with Gasteiger partial charge in [0, 0.05) is 5.02 Å². The summed E-state index contributed by atoms with van der Waals surface area (Å²) < 4.78 is 38.6. The smallest absolute Gasteiger partial charge is 0.325 e. The molecule has 0 saturated heterocycles. The predicted octanol–water partition coefficient (Wildman–Crippen LogP) is 4.98. The fourth-order valence-electron chi connectivity index (χ4n) is 1.96. The van der Waals surface area contributed by atoms with E-state index in [1.54, 1.807) is 0 Å². The normalized spacial score (nSPS) is 11.1. The highest BCUT2D eigenvalue weighted by molar-refractivity contribution is 6.36. The standard InChI is InChI=1S/C16H11Cl2F3N2O2/c17-9-5-6-13(11(18)7-9)23-15(25)8-14(24)22-12-4-2-1-3-10(12)16(19,20)21/h1-7H,8H2,(H,22,24)(H,23,25). The zero-order valence-corrected chi connectivity index (χ0v) is 14.0. The third-order valence-corrected chi connectivity index (χ3v) is 3.58. The van der Waals surface area contributed by atoms with E-state index in [4.69, 9.17) is 23.2 Å². The molecule has 2 aromatic carbocycles. The van der Waals surface area contributed by atoms with Crippen LogP contribution in [0.1, 0.15) is 12.0 Å². The van der Waals surface area contributed by atoms with Crippen molar-refractivity contribution in [1.29, 1.82) is 0 Å². The molecule has 9 heteroatoms. The Bertz CT molecular complexity index is 810. The van der Waals surface area contributed by atoms with Gasteiger partial charge in [0.05, 0.1) is 22.0 Å². The number of carbonyl (C=O) groups is 2. The van der Waals surface area contributed by atoms with Crippen LogP contribution >= 0.6 is 23.2 Å². The molecule has 0 aliphatic carbocycles. The largest absolute Gasteiger partial charge is 0.418 e. The first-order valence-electron chi connectivity index (χ1n) is 6.88. The molecule has 0 saturated carbocycles. The van der Waals surface area contributed by atoms with Gasteiger partial charge < -0.3 is 10.6 Å². The van der Waals surface area contributed by atoms with Gasteiger partial charge in [-0.25, -0.2) is 0 Å². The quantitative estimate of drug-likeness (QED) is 0.723. The summed E-state index contributed by atoms with van der Waals surface area (Å²) in [4.78, 5) is 23.7. The summed E-state index contributed by atoms with van der Waals surface area (Å²) >= 11 is 11.6. The molecule has 2 aromatic rings. The molecule has 25 heavy (non-hydrogen) atoms. The number of benzene rings is 2. The van der Waals surface area contributed by atoms with Crippen molar-refractivity contribution in [3.63, 3.8) is 0 Å². The lowest BCUT2D eigenvalue weighted by Crippen LogP contribution is -2.23. The van der Waals surface area contributed by atoms with Gasteiger partial charge in [-0.2, -0.15) is 13.2 Å². The number of hydrogen-bond donors (Lipinski definition) is 2. The number of hydrogen-bond acceptors (Lipinski definition) is 2. The first-order valence-corrected chi connectivity index (χ1v) is 7.63. The van der Waals surface area contributed by atoms with Gasteiger partial charge in [0.15, 0.2) is 0 Å². The monoisotopic (exact) mass is 390 g/mol. The van der Waals surface area contributed by atoms with E-state index < -0.39 is 35.7 Å². The first kappa shape index (κ1) is 19.1. The molecule has 0 fully saturated rings. The van der Waals surface area contributed by atoms with Crippen molar-refractivity contribution in [2.75, 3.05) is 10.6 Å². The molecule has 132 valence electrons. The van der Waals surface area contributed by atoms with Gasteiger partial charge in [-0.15, -0.1) is 0 Å². The van der Waals surface area contributed by atoms with Crippen LogP contribution < -0.4 is 10.6 Å². The fraction of sp³-hybridized carbons (Fsp3) is 0.125. The molecule has 0 spiro atoms. The van der Waals surface area contributed by atoms with Crippen LogP contribution in [0, 0.1) is 0 Å². The van der Waals surface area contributed by atoms with Crippen LogP contribution in [0.4, 0.5) is 24.5 Å². The van der Waals surface area contributed by atoms with Crippen LogP contribution in [0.2, 0.25) is 10.0 Å². The number of nitrogens with one attached hydrogen (secondary N) is 2. The second kappa shape index (κ2) is 7.76. The Labute approximate surface area is 150 Å². The number of amides is 2. The third-order valence-electron chi connectivity index (χ3n) is 3.03. The summed E-state index contributed by atoms with van der Waals surface area (Å²) in [6.07, 6.45) is -5.30. The van der Waals surface area contributed by atoms with Crippen LogP contribution in [0.25, 0.3) is 0 Å². The van der Waals surface area contributed by atoms with Crippen LogP contribution in [-0.4, -0.2) is 11.8 Å². The van der Waals surface area contributed by atoms with Gasteiger partial charge in [0.1, 0.15) is 6.42 Å². The van der Waals surface area contributed by atoms with E-state index in [0.29, 0.717) is 5.02 Å². The summed E-state index contributed by atoms with van der Waals surface area (Å²) in [6.45, 7) is 0. The number of para-hydroxylation sites is 1. The number of rotatable bonds is 4. The van der Waals surface area contributed by atoms with E-state index >= 15 is 0 Å². The Balaban J connectivity index is 2.02. The molecular formula is C16H11Cl2F3N2O2. The summed E-state index contributed by atoms with van der Waals surface area (Å²) in [5.41, 5.74) is -1.18. The van der Waals surface area contributed by atoms with E-state index in [-0.39, 0.29) is 10.7 Å². The second-order valence-corrected chi connectivity index (χ2v) is 5.78. The Morgan fingerprint density at radius 2 is 1.52 bits per heavy atom. The average Bonchev–Trinajstić information content (AvgIpc) is 2.49. The van der Waals surface area contributed by atoms with E-state index in [9.17, 15) is 22.8 Å². The molecule has 2 rings (SSSR count). The van der Waals surface area contributed by atoms with Gasteiger partial charge >= 0.3 is 6.18 Å². The van der Waals surface area contributed by atoms with E-state index in [1.807, 2.05) is 0 Å². The molecule has 2 amide bonds. The van der Waals surface area contributed by atoms with Crippen LogP contribution in [0.3, 0.4) is 0 Å². The summed E-state index contributed by atoms with van der Waals surface area (Å²) in [7, 11) is 0. The Morgan fingerprint density at radius 1 is 0.920 bits per heavy atom. The molecule has 0 atom stereocenters. The van der Waals surface area contributed by atoms with Crippen LogP contribution in [0.15, 0.2) is 42.5 Å². The van der Waals surface area contributed by atoms with Crippen LogP contribution in [-0.2, 0) is 15.8 Å². The van der Waals surface area contributed by atoms with Crippen LogP contribution in [0.5, 0.6) is 0 Å².